The molecule has 0 N–H and O–H groups in total. The summed E-state index contributed by atoms with van der Waals surface area (Å²) in [6.45, 7) is 13.9. The smallest absolute Gasteiger partial charge is 0.0357 e. The van der Waals surface area contributed by atoms with Crippen LogP contribution in [-0.2, 0) is 0 Å². The fraction of sp³-hybridized carbons (Fsp3) is 1.00. The van der Waals surface area contributed by atoms with Crippen LogP contribution in [0.4, 0.5) is 0 Å². The van der Waals surface area contributed by atoms with Crippen molar-refractivity contribution in [3.8, 4) is 0 Å². The first-order chi connectivity index (χ1) is 4.34. The summed E-state index contributed by atoms with van der Waals surface area (Å²) >= 11 is 0. The molecule has 0 radical (unpaired) electrons. The molecule has 0 rings (SSSR count). The highest BCUT2D eigenvalue weighted by atomic mass is 14.3. The molecule has 0 aromatic carbocycles. The van der Waals surface area contributed by atoms with E-state index in [0.29, 0.717) is 5.41 Å². The van der Waals surface area contributed by atoms with Gasteiger partial charge in [-0.25, -0.2) is 0 Å². The van der Waals surface area contributed by atoms with Crippen LogP contribution in [0, 0.1) is 17.3 Å². The molecule has 1 atom stereocenters. The van der Waals surface area contributed by atoms with Crippen LogP contribution in [0.5, 0.6) is 0 Å². The molecule has 0 aromatic rings. The Morgan fingerprint density at radius 1 is 1.00 bits per heavy atom. The average Bonchev–Trinajstić information content (AvgIpc) is 1.60. The first kappa shape index (κ1) is 10.0. The Labute approximate surface area is 66.0 Å². The third kappa shape index (κ3) is 3.92. The summed E-state index contributed by atoms with van der Waals surface area (Å²) in [7, 11) is 0. The lowest BCUT2D eigenvalue weighted by molar-refractivity contribution is 0.224. The highest BCUT2D eigenvalue weighted by Gasteiger charge is 2.20. The van der Waals surface area contributed by atoms with E-state index >= 15 is 0 Å². The van der Waals surface area contributed by atoms with E-state index in [9.17, 15) is 0 Å². The van der Waals surface area contributed by atoms with Crippen LogP contribution in [0.3, 0.4) is 0 Å². The van der Waals surface area contributed by atoms with Gasteiger partial charge in [-0.15, -0.1) is 0 Å². The maximum atomic E-state index is 2.35. The monoisotopic (exact) mass is 142 g/mol. The lowest BCUT2D eigenvalue weighted by atomic mass is 9.78. The molecule has 0 aromatic heterocycles. The van der Waals surface area contributed by atoms with Crippen LogP contribution < -0.4 is 0 Å². The molecule has 0 heterocycles. The largest absolute Gasteiger partial charge is 0.0628 e. The number of hydrogen-bond acceptors (Lipinski definition) is 0. The third-order valence-electron chi connectivity index (χ3n) is 2.30. The second kappa shape index (κ2) is 3.41. The zero-order valence-corrected chi connectivity index (χ0v) is 8.36. The fourth-order valence-electron chi connectivity index (χ4n) is 1.06. The summed E-state index contributed by atoms with van der Waals surface area (Å²) in [5.41, 5.74) is 0.490. The molecule has 0 spiro atoms. The fourth-order valence-corrected chi connectivity index (χ4v) is 1.06. The summed E-state index contributed by atoms with van der Waals surface area (Å²) in [5.74, 6) is 1.68. The van der Waals surface area contributed by atoms with Gasteiger partial charge in [0.05, 0.1) is 0 Å². The van der Waals surface area contributed by atoms with E-state index in [1.807, 2.05) is 0 Å². The minimum Gasteiger partial charge on any atom is -0.0628 e. The molecule has 0 nitrogen and oxygen atoms in total. The van der Waals surface area contributed by atoms with Gasteiger partial charge in [-0.05, 0) is 23.7 Å². The quantitative estimate of drug-likeness (QED) is 0.551. The summed E-state index contributed by atoms with van der Waals surface area (Å²) < 4.78 is 0. The van der Waals surface area contributed by atoms with Crippen molar-refractivity contribution in [2.24, 2.45) is 17.3 Å². The van der Waals surface area contributed by atoms with E-state index < -0.39 is 0 Å². The van der Waals surface area contributed by atoms with Gasteiger partial charge < -0.3 is 0 Å². The SMILES string of the molecule is CC(C)CC(C)C(C)(C)C. The minimum absolute atomic E-state index is 0.490. The van der Waals surface area contributed by atoms with Gasteiger partial charge in [0.1, 0.15) is 0 Å². The van der Waals surface area contributed by atoms with Crippen LogP contribution in [0.2, 0.25) is 0 Å². The Kier molecular flexibility index (Phi) is 3.41. The Morgan fingerprint density at radius 3 is 1.50 bits per heavy atom. The van der Waals surface area contributed by atoms with Crippen molar-refractivity contribution in [1.82, 2.24) is 0 Å². The van der Waals surface area contributed by atoms with Crippen LogP contribution in [0.25, 0.3) is 0 Å². The van der Waals surface area contributed by atoms with Crippen molar-refractivity contribution >= 4 is 0 Å². The van der Waals surface area contributed by atoms with Crippen molar-refractivity contribution in [3.63, 3.8) is 0 Å². The number of rotatable bonds is 2. The molecule has 1 unspecified atom stereocenters. The Morgan fingerprint density at radius 2 is 1.40 bits per heavy atom. The second-order valence-electron chi connectivity index (χ2n) is 4.90. The highest BCUT2D eigenvalue weighted by Crippen LogP contribution is 2.30. The lowest BCUT2D eigenvalue weighted by Gasteiger charge is -2.28. The summed E-state index contributed by atoms with van der Waals surface area (Å²) in [6, 6.07) is 0. The van der Waals surface area contributed by atoms with Crippen molar-refractivity contribution in [1.29, 1.82) is 0 Å². The summed E-state index contributed by atoms with van der Waals surface area (Å²) in [6.07, 6.45) is 1.35. The molecular formula is C10H22. The topological polar surface area (TPSA) is 0 Å². The zero-order valence-electron chi connectivity index (χ0n) is 8.36. The predicted molar refractivity (Wildman–Crippen MR) is 48.1 cm³/mol. The highest BCUT2D eigenvalue weighted by molar-refractivity contribution is 4.70. The van der Waals surface area contributed by atoms with Crippen LogP contribution in [-0.4, -0.2) is 0 Å². The maximum absolute atomic E-state index is 2.35. The second-order valence-corrected chi connectivity index (χ2v) is 4.90. The van der Waals surface area contributed by atoms with Gasteiger partial charge in [0.15, 0.2) is 0 Å². The van der Waals surface area contributed by atoms with Gasteiger partial charge in [0.2, 0.25) is 0 Å². The van der Waals surface area contributed by atoms with Gasteiger partial charge in [0.25, 0.3) is 0 Å². The lowest BCUT2D eigenvalue weighted by Crippen LogP contribution is -2.18. The zero-order chi connectivity index (χ0) is 8.36. The molecule has 0 saturated heterocycles. The molecule has 0 bridgehead atoms. The first-order valence-electron chi connectivity index (χ1n) is 4.34. The number of hydrogen-bond donors (Lipinski definition) is 0. The molecule has 0 amide bonds. The van der Waals surface area contributed by atoms with E-state index in [-0.39, 0.29) is 0 Å². The molecule has 0 heteroatoms. The molecule has 62 valence electrons. The maximum Gasteiger partial charge on any atom is -0.0357 e. The van der Waals surface area contributed by atoms with E-state index in [4.69, 9.17) is 0 Å². The van der Waals surface area contributed by atoms with Crippen molar-refractivity contribution < 1.29 is 0 Å². The predicted octanol–water partition coefficient (Wildman–Crippen LogP) is 3.71. The van der Waals surface area contributed by atoms with E-state index in [2.05, 4.69) is 41.5 Å². The standard InChI is InChI=1S/C10H22/c1-8(2)7-9(3)10(4,5)6/h8-9H,7H2,1-6H3. The molecule has 0 aliphatic rings. The molecule has 0 aliphatic carbocycles. The van der Waals surface area contributed by atoms with Crippen molar-refractivity contribution in [2.75, 3.05) is 0 Å². The van der Waals surface area contributed by atoms with Gasteiger partial charge in [0, 0.05) is 0 Å². The van der Waals surface area contributed by atoms with Gasteiger partial charge in [-0.1, -0.05) is 41.5 Å². The van der Waals surface area contributed by atoms with Crippen LogP contribution >= 0.6 is 0 Å². The van der Waals surface area contributed by atoms with E-state index in [0.717, 1.165) is 11.8 Å². The molecule has 0 aliphatic heterocycles. The van der Waals surface area contributed by atoms with Crippen LogP contribution in [0.1, 0.15) is 48.0 Å². The van der Waals surface area contributed by atoms with E-state index in [1.54, 1.807) is 0 Å². The van der Waals surface area contributed by atoms with Crippen molar-refractivity contribution in [3.05, 3.63) is 0 Å². The molecule has 10 heavy (non-hydrogen) atoms. The van der Waals surface area contributed by atoms with Gasteiger partial charge >= 0.3 is 0 Å². The van der Waals surface area contributed by atoms with Crippen LogP contribution in [0.15, 0.2) is 0 Å². The summed E-state index contributed by atoms with van der Waals surface area (Å²) in [5, 5.41) is 0. The van der Waals surface area contributed by atoms with Gasteiger partial charge in [-0.3, -0.25) is 0 Å². The molecule has 0 saturated carbocycles. The first-order valence-corrected chi connectivity index (χ1v) is 4.34. The molecular weight excluding hydrogens is 120 g/mol. The molecule has 0 fully saturated rings. The minimum atomic E-state index is 0.490. The van der Waals surface area contributed by atoms with Gasteiger partial charge in [-0.2, -0.15) is 0 Å². The van der Waals surface area contributed by atoms with Crippen molar-refractivity contribution in [2.45, 2.75) is 48.0 Å². The Balaban J connectivity index is 3.73. The summed E-state index contributed by atoms with van der Waals surface area (Å²) in [4.78, 5) is 0. The Bertz CT molecular complexity index is 84.7. The average molecular weight is 142 g/mol. The van der Waals surface area contributed by atoms with E-state index in [1.165, 1.54) is 6.42 Å². The third-order valence-corrected chi connectivity index (χ3v) is 2.30. The Hall–Kier alpha value is 0. The normalized spacial score (nSPS) is 15.9.